The van der Waals surface area contributed by atoms with Crippen molar-refractivity contribution in [1.29, 1.82) is 0 Å². The zero-order chi connectivity index (χ0) is 29.6. The Morgan fingerprint density at radius 3 is 2.45 bits per heavy atom. The van der Waals surface area contributed by atoms with Crippen LogP contribution in [0.2, 0.25) is 0 Å². The molecule has 0 amide bonds. The van der Waals surface area contributed by atoms with Crippen molar-refractivity contribution in [2.24, 2.45) is 0 Å². The number of fused-ring (bicyclic) bond motifs is 1. The first-order chi connectivity index (χ1) is 20.4. The van der Waals surface area contributed by atoms with E-state index in [0.29, 0.717) is 11.3 Å². The van der Waals surface area contributed by atoms with Gasteiger partial charge in [-0.15, -0.1) is 0 Å². The Labute approximate surface area is 244 Å². The number of H-pyrrole nitrogens is 2. The van der Waals surface area contributed by atoms with Gasteiger partial charge < -0.3 is 10.3 Å². The van der Waals surface area contributed by atoms with Crippen molar-refractivity contribution < 1.29 is 4.39 Å². The van der Waals surface area contributed by atoms with Crippen molar-refractivity contribution in [3.8, 4) is 22.6 Å². The lowest BCUT2D eigenvalue weighted by Crippen LogP contribution is -2.23. The van der Waals surface area contributed by atoms with E-state index in [-0.39, 0.29) is 5.82 Å². The van der Waals surface area contributed by atoms with Gasteiger partial charge in [0.2, 0.25) is 0 Å². The Hall–Kier alpha value is -5.49. The van der Waals surface area contributed by atoms with E-state index >= 15 is 0 Å². The summed E-state index contributed by atoms with van der Waals surface area (Å²) in [6.45, 7) is 16.4. The molecule has 0 aliphatic rings. The molecule has 0 bridgehead atoms. The number of hydrogen-bond donors (Lipinski definition) is 3. The molecule has 6 heteroatoms. The van der Waals surface area contributed by atoms with Gasteiger partial charge in [-0.1, -0.05) is 74.4 Å². The average molecular weight is 554 g/mol. The third-order valence-corrected chi connectivity index (χ3v) is 7.00. The number of pyridine rings is 1. The van der Waals surface area contributed by atoms with Crippen LogP contribution >= 0.6 is 0 Å². The third kappa shape index (κ3) is 5.69. The second-order valence-electron chi connectivity index (χ2n) is 9.66. The van der Waals surface area contributed by atoms with Gasteiger partial charge in [0.25, 0.3) is 0 Å². The van der Waals surface area contributed by atoms with Gasteiger partial charge >= 0.3 is 0 Å². The predicted octanol–water partition coefficient (Wildman–Crippen LogP) is 7.17. The van der Waals surface area contributed by atoms with Crippen molar-refractivity contribution in [2.45, 2.75) is 13.8 Å². The molecule has 5 aromatic rings. The van der Waals surface area contributed by atoms with Crippen LogP contribution < -0.4 is 15.9 Å². The highest BCUT2D eigenvalue weighted by atomic mass is 19.1. The number of hydrogen-bond acceptors (Lipinski definition) is 3. The average Bonchev–Trinajstić information content (AvgIpc) is 3.63. The van der Waals surface area contributed by atoms with E-state index < -0.39 is 0 Å². The molecule has 3 N–H and O–H groups in total. The molecule has 5 nitrogen and oxygen atoms in total. The fraction of sp³-hybridized carbons (Fsp3) is 0.0556. The number of benzene rings is 2. The second-order valence-corrected chi connectivity index (χ2v) is 9.66. The number of halogens is 1. The Bertz CT molecular complexity index is 1990. The number of nitrogens with zero attached hydrogens (tertiary/aromatic N) is 2. The standard InChI is InChI=1S/C36H32FN5/c1-6-25(21-27(7-2)39-24(5)26-14-10-9-11-15-26)23(4)20-29-32(8-3)41-42-36(29)34-22-30-33(40-34)18-19-38-35(30)28-16-12-13-17-31(28)37/h6-22,39-41H,2,4-5H2,1,3H3/b25-6+,27-21+,29-20+,32-8+. The molecule has 0 radical (unpaired) electrons. The van der Waals surface area contributed by atoms with Crippen molar-refractivity contribution in [3.63, 3.8) is 0 Å². The number of aromatic amines is 2. The van der Waals surface area contributed by atoms with Crippen LogP contribution in [0.1, 0.15) is 19.4 Å². The lowest BCUT2D eigenvalue weighted by atomic mass is 10.0. The zero-order valence-electron chi connectivity index (χ0n) is 23.7. The van der Waals surface area contributed by atoms with Gasteiger partial charge in [-0.25, -0.2) is 4.39 Å². The minimum absolute atomic E-state index is 0.319. The molecular formula is C36H32FN5. The molecule has 0 unspecified atom stereocenters. The molecule has 0 spiro atoms. The van der Waals surface area contributed by atoms with Gasteiger partial charge in [-0.05, 0) is 73.1 Å². The topological polar surface area (TPSA) is 69.4 Å². The molecular weight excluding hydrogens is 521 g/mol. The highest BCUT2D eigenvalue weighted by molar-refractivity contribution is 5.96. The number of allylic oxidation sites excluding steroid dienone is 5. The summed E-state index contributed by atoms with van der Waals surface area (Å²) in [7, 11) is 0. The van der Waals surface area contributed by atoms with E-state index in [0.717, 1.165) is 61.0 Å². The highest BCUT2D eigenvalue weighted by Gasteiger charge is 2.15. The number of rotatable bonds is 9. The van der Waals surface area contributed by atoms with E-state index in [2.05, 4.69) is 45.2 Å². The smallest absolute Gasteiger partial charge is 0.132 e. The minimum Gasteiger partial charge on any atom is -0.356 e. The van der Waals surface area contributed by atoms with Gasteiger partial charge in [0.05, 0.1) is 16.7 Å². The minimum atomic E-state index is -0.319. The normalized spacial score (nSPS) is 13.0. The summed E-state index contributed by atoms with van der Waals surface area (Å²) in [5, 5.41) is 13.7. The quantitative estimate of drug-likeness (QED) is 0.170. The summed E-state index contributed by atoms with van der Waals surface area (Å²) in [4.78, 5) is 7.94. The Morgan fingerprint density at radius 1 is 0.976 bits per heavy atom. The van der Waals surface area contributed by atoms with Crippen LogP contribution in [0.15, 0.2) is 128 Å². The van der Waals surface area contributed by atoms with Gasteiger partial charge in [-0.3, -0.25) is 10.1 Å². The van der Waals surface area contributed by atoms with Crippen molar-refractivity contribution in [3.05, 3.63) is 150 Å². The van der Waals surface area contributed by atoms with Crippen LogP contribution in [0, 0.1) is 5.82 Å². The fourth-order valence-electron chi connectivity index (χ4n) is 4.80. The lowest BCUT2D eigenvalue weighted by Gasteiger charge is -2.12. The largest absolute Gasteiger partial charge is 0.356 e. The molecule has 0 fully saturated rings. The van der Waals surface area contributed by atoms with E-state index in [4.69, 9.17) is 0 Å². The molecule has 0 aliphatic heterocycles. The molecule has 42 heavy (non-hydrogen) atoms. The van der Waals surface area contributed by atoms with Gasteiger partial charge in [0, 0.05) is 39.3 Å². The molecule has 0 atom stereocenters. The maximum Gasteiger partial charge on any atom is 0.132 e. The van der Waals surface area contributed by atoms with Gasteiger partial charge in [0.1, 0.15) is 11.5 Å². The van der Waals surface area contributed by atoms with E-state index in [1.54, 1.807) is 30.5 Å². The van der Waals surface area contributed by atoms with Crippen molar-refractivity contribution >= 4 is 28.8 Å². The van der Waals surface area contributed by atoms with Crippen molar-refractivity contribution in [1.82, 2.24) is 25.5 Å². The van der Waals surface area contributed by atoms with Gasteiger partial charge in [-0.2, -0.15) is 5.10 Å². The summed E-state index contributed by atoms with van der Waals surface area (Å²) in [5.74, 6) is -0.319. The van der Waals surface area contributed by atoms with E-state index in [1.165, 1.54) is 6.07 Å². The molecule has 0 aliphatic carbocycles. The Kier molecular flexibility index (Phi) is 8.25. The van der Waals surface area contributed by atoms with Crippen LogP contribution in [-0.2, 0) is 0 Å². The molecule has 0 saturated carbocycles. The first-order valence-electron chi connectivity index (χ1n) is 13.6. The maximum atomic E-state index is 14.7. The number of nitrogens with one attached hydrogen (secondary N) is 3. The summed E-state index contributed by atoms with van der Waals surface area (Å²) < 4.78 is 14.7. The monoisotopic (exact) mass is 553 g/mol. The van der Waals surface area contributed by atoms with Crippen LogP contribution in [0.5, 0.6) is 0 Å². The lowest BCUT2D eigenvalue weighted by molar-refractivity contribution is 0.631. The Morgan fingerprint density at radius 2 is 1.74 bits per heavy atom. The molecule has 2 aromatic carbocycles. The van der Waals surface area contributed by atoms with Gasteiger partial charge in [0.15, 0.2) is 0 Å². The van der Waals surface area contributed by atoms with E-state index in [1.807, 2.05) is 80.6 Å². The predicted molar refractivity (Wildman–Crippen MR) is 173 cm³/mol. The first-order valence-corrected chi connectivity index (χ1v) is 13.6. The van der Waals surface area contributed by atoms with Crippen LogP contribution in [0.4, 0.5) is 4.39 Å². The highest BCUT2D eigenvalue weighted by Crippen LogP contribution is 2.30. The maximum absolute atomic E-state index is 14.7. The van der Waals surface area contributed by atoms with E-state index in [9.17, 15) is 4.39 Å². The fourth-order valence-corrected chi connectivity index (χ4v) is 4.80. The summed E-state index contributed by atoms with van der Waals surface area (Å²) in [6.07, 6.45) is 11.4. The molecule has 3 heterocycles. The molecule has 208 valence electrons. The SMILES string of the molecule is C=C/C(=C\C(=C/C)C(=C)/C=c1/c(-c2cc3c(-c4ccccc4F)nccc3[nH]2)n[nH]/c1=C/C)NC(=C)c1ccccc1. The summed E-state index contributed by atoms with van der Waals surface area (Å²) in [5.41, 5.74) is 7.63. The summed E-state index contributed by atoms with van der Waals surface area (Å²) in [6, 6.07) is 20.4. The third-order valence-electron chi connectivity index (χ3n) is 7.00. The molecule has 5 rings (SSSR count). The Balaban J connectivity index is 1.53. The first kappa shape index (κ1) is 28.1. The van der Waals surface area contributed by atoms with Crippen LogP contribution in [0.25, 0.3) is 51.4 Å². The number of aromatic nitrogens is 4. The zero-order valence-corrected chi connectivity index (χ0v) is 23.7. The van der Waals surface area contributed by atoms with Crippen molar-refractivity contribution in [2.75, 3.05) is 0 Å². The van der Waals surface area contributed by atoms with Crippen LogP contribution in [-0.4, -0.2) is 20.2 Å². The summed E-state index contributed by atoms with van der Waals surface area (Å²) >= 11 is 0. The van der Waals surface area contributed by atoms with Crippen LogP contribution in [0.3, 0.4) is 0 Å². The second kappa shape index (κ2) is 12.4. The molecule has 0 saturated heterocycles. The molecule has 3 aromatic heterocycles.